The summed E-state index contributed by atoms with van der Waals surface area (Å²) < 4.78 is 0. The van der Waals surface area contributed by atoms with Gasteiger partial charge in [0.05, 0.1) is 6.10 Å². The lowest BCUT2D eigenvalue weighted by Gasteiger charge is -2.17. The van der Waals surface area contributed by atoms with Crippen LogP contribution in [0.2, 0.25) is 5.02 Å². The summed E-state index contributed by atoms with van der Waals surface area (Å²) in [5.41, 5.74) is 3.55. The molecule has 0 aliphatic rings. The average Bonchev–Trinajstić information content (AvgIpc) is 3.07. The van der Waals surface area contributed by atoms with E-state index in [0.29, 0.717) is 17.1 Å². The lowest BCUT2D eigenvalue weighted by molar-refractivity contribution is 0.0963. The molecule has 0 saturated heterocycles. The van der Waals surface area contributed by atoms with E-state index in [4.69, 9.17) is 11.6 Å². The van der Waals surface area contributed by atoms with Gasteiger partial charge < -0.3 is 20.7 Å². The second-order valence-corrected chi connectivity index (χ2v) is 7.17. The number of fused-ring (bicyclic) bond motifs is 1. The van der Waals surface area contributed by atoms with Crippen molar-refractivity contribution in [2.24, 2.45) is 0 Å². The van der Waals surface area contributed by atoms with E-state index in [1.54, 1.807) is 19.2 Å². The lowest BCUT2D eigenvalue weighted by atomic mass is 10.0. The van der Waals surface area contributed by atoms with Gasteiger partial charge in [-0.25, -0.2) is 0 Å². The Morgan fingerprint density at radius 2 is 2.07 bits per heavy atom. The highest BCUT2D eigenvalue weighted by molar-refractivity contribution is 6.30. The molecule has 27 heavy (non-hydrogen) atoms. The predicted molar refractivity (Wildman–Crippen MR) is 109 cm³/mol. The number of hydrogen-bond acceptors (Lipinski definition) is 3. The molecule has 3 aromatic rings. The number of aliphatic hydroxyl groups excluding tert-OH is 1. The first-order chi connectivity index (χ1) is 13.0. The number of carbonyl (C=O) groups is 1. The highest BCUT2D eigenvalue weighted by atomic mass is 35.5. The molecule has 1 amide bonds. The van der Waals surface area contributed by atoms with Crippen LogP contribution in [0.1, 0.15) is 34.5 Å². The molecule has 1 aromatic heterocycles. The number of H-pyrrole nitrogens is 1. The first-order valence-corrected chi connectivity index (χ1v) is 9.34. The summed E-state index contributed by atoms with van der Waals surface area (Å²) in [5.74, 6) is -0.0990. The molecule has 0 bridgehead atoms. The molecule has 0 aliphatic carbocycles. The van der Waals surface area contributed by atoms with Crippen LogP contribution in [-0.4, -0.2) is 35.6 Å². The summed E-state index contributed by atoms with van der Waals surface area (Å²) >= 11 is 5.98. The van der Waals surface area contributed by atoms with Gasteiger partial charge in [-0.05, 0) is 48.7 Å². The van der Waals surface area contributed by atoms with Crippen LogP contribution in [0.15, 0.2) is 48.7 Å². The quantitative estimate of drug-likeness (QED) is 0.503. The van der Waals surface area contributed by atoms with E-state index in [9.17, 15) is 9.90 Å². The number of rotatable bonds is 7. The molecule has 6 heteroatoms. The Labute approximate surface area is 163 Å². The lowest BCUT2D eigenvalue weighted by Crippen LogP contribution is -2.32. The number of carbonyl (C=O) groups excluding carboxylic acids is 1. The summed E-state index contributed by atoms with van der Waals surface area (Å²) in [6.07, 6.45) is 2.18. The van der Waals surface area contributed by atoms with Gasteiger partial charge in [-0.3, -0.25) is 4.79 Å². The molecule has 3 rings (SSSR count). The Kier molecular flexibility index (Phi) is 6.16. The molecule has 5 nitrogen and oxygen atoms in total. The number of halogens is 1. The van der Waals surface area contributed by atoms with Crippen molar-refractivity contribution in [3.05, 3.63) is 70.4 Å². The topological polar surface area (TPSA) is 77.2 Å². The van der Waals surface area contributed by atoms with E-state index in [1.165, 1.54) is 5.56 Å². The normalized spacial score (nSPS) is 13.5. The van der Waals surface area contributed by atoms with Crippen LogP contribution in [0.3, 0.4) is 0 Å². The number of hydrogen-bond donors (Lipinski definition) is 4. The van der Waals surface area contributed by atoms with Gasteiger partial charge in [0.25, 0.3) is 5.91 Å². The fourth-order valence-corrected chi connectivity index (χ4v) is 3.39. The van der Waals surface area contributed by atoms with Crippen molar-refractivity contribution >= 4 is 28.4 Å². The Morgan fingerprint density at radius 3 is 2.81 bits per heavy atom. The molecule has 0 saturated carbocycles. The van der Waals surface area contributed by atoms with Crippen molar-refractivity contribution in [2.75, 3.05) is 13.6 Å². The molecule has 4 N–H and O–H groups in total. The zero-order valence-electron chi connectivity index (χ0n) is 15.4. The SMILES string of the molecule is CNC(=O)c1ccc2c(C[C@@H](C)NC[C@H](O)c3cccc(Cl)c3)c[nH]c2c1. The zero-order chi connectivity index (χ0) is 19.4. The van der Waals surface area contributed by atoms with Crippen molar-refractivity contribution in [3.8, 4) is 0 Å². The molecule has 2 atom stereocenters. The fourth-order valence-electron chi connectivity index (χ4n) is 3.19. The number of nitrogens with one attached hydrogen (secondary N) is 3. The van der Waals surface area contributed by atoms with Gasteiger partial charge in [0, 0.05) is 47.3 Å². The molecule has 0 fully saturated rings. The van der Waals surface area contributed by atoms with Crippen molar-refractivity contribution in [3.63, 3.8) is 0 Å². The molecule has 1 heterocycles. The highest BCUT2D eigenvalue weighted by Gasteiger charge is 2.13. The van der Waals surface area contributed by atoms with Crippen molar-refractivity contribution in [2.45, 2.75) is 25.5 Å². The standard InChI is InChI=1S/C21H24ClN3O2/c1-13(24-12-20(26)14-4-3-5-17(22)9-14)8-16-11-25-19-10-15(21(27)23-2)6-7-18(16)19/h3-7,9-11,13,20,24-26H,8,12H2,1-2H3,(H,23,27)/t13-,20+/m1/s1. The largest absolute Gasteiger partial charge is 0.387 e. The monoisotopic (exact) mass is 385 g/mol. The number of aliphatic hydroxyl groups is 1. The van der Waals surface area contributed by atoms with Gasteiger partial charge in [0.1, 0.15) is 0 Å². The Morgan fingerprint density at radius 1 is 1.26 bits per heavy atom. The van der Waals surface area contributed by atoms with Gasteiger partial charge in [-0.1, -0.05) is 29.8 Å². The molecule has 0 unspecified atom stereocenters. The summed E-state index contributed by atoms with van der Waals surface area (Å²) in [4.78, 5) is 15.0. The maximum Gasteiger partial charge on any atom is 0.251 e. The second-order valence-electron chi connectivity index (χ2n) is 6.74. The Balaban J connectivity index is 1.62. The first-order valence-electron chi connectivity index (χ1n) is 8.97. The summed E-state index contributed by atoms with van der Waals surface area (Å²) in [6.45, 7) is 2.53. The maximum atomic E-state index is 11.8. The molecular weight excluding hydrogens is 362 g/mol. The second kappa shape index (κ2) is 8.57. The van der Waals surface area contributed by atoms with E-state index in [-0.39, 0.29) is 11.9 Å². The third-order valence-electron chi connectivity index (χ3n) is 4.68. The highest BCUT2D eigenvalue weighted by Crippen LogP contribution is 2.22. The predicted octanol–water partition coefficient (Wildman–Crippen LogP) is 3.44. The Bertz CT molecular complexity index is 938. The van der Waals surface area contributed by atoms with E-state index >= 15 is 0 Å². The van der Waals surface area contributed by atoms with Crippen LogP contribution in [-0.2, 0) is 6.42 Å². The third-order valence-corrected chi connectivity index (χ3v) is 4.91. The summed E-state index contributed by atoms with van der Waals surface area (Å²) in [7, 11) is 1.62. The molecule has 142 valence electrons. The molecular formula is C21H24ClN3O2. The summed E-state index contributed by atoms with van der Waals surface area (Å²) in [6, 6.07) is 13.1. The smallest absolute Gasteiger partial charge is 0.251 e. The number of amides is 1. The minimum absolute atomic E-state index is 0.0990. The molecule has 2 aromatic carbocycles. The van der Waals surface area contributed by atoms with Crippen molar-refractivity contribution in [1.29, 1.82) is 0 Å². The maximum absolute atomic E-state index is 11.8. The number of aromatic amines is 1. The zero-order valence-corrected chi connectivity index (χ0v) is 16.2. The van der Waals surface area contributed by atoms with Crippen LogP contribution in [0.5, 0.6) is 0 Å². The van der Waals surface area contributed by atoms with Gasteiger partial charge in [-0.15, -0.1) is 0 Å². The number of aromatic nitrogens is 1. The van der Waals surface area contributed by atoms with E-state index in [1.807, 2.05) is 36.5 Å². The van der Waals surface area contributed by atoms with Crippen LogP contribution < -0.4 is 10.6 Å². The fraction of sp³-hybridized carbons (Fsp3) is 0.286. The third kappa shape index (κ3) is 4.69. The van der Waals surface area contributed by atoms with Crippen LogP contribution in [0, 0.1) is 0 Å². The average molecular weight is 386 g/mol. The first kappa shape index (κ1) is 19.4. The van der Waals surface area contributed by atoms with Crippen LogP contribution in [0.4, 0.5) is 0 Å². The molecule has 0 aliphatic heterocycles. The molecule has 0 radical (unpaired) electrons. The van der Waals surface area contributed by atoms with Gasteiger partial charge in [0.2, 0.25) is 0 Å². The Hall–Kier alpha value is -2.34. The minimum Gasteiger partial charge on any atom is -0.387 e. The van der Waals surface area contributed by atoms with E-state index in [0.717, 1.165) is 22.9 Å². The van der Waals surface area contributed by atoms with Crippen molar-refractivity contribution < 1.29 is 9.90 Å². The van der Waals surface area contributed by atoms with E-state index < -0.39 is 6.10 Å². The van der Waals surface area contributed by atoms with Gasteiger partial charge in [0.15, 0.2) is 0 Å². The van der Waals surface area contributed by atoms with E-state index in [2.05, 4.69) is 22.5 Å². The van der Waals surface area contributed by atoms with Crippen LogP contribution in [0.25, 0.3) is 10.9 Å². The van der Waals surface area contributed by atoms with Gasteiger partial charge >= 0.3 is 0 Å². The van der Waals surface area contributed by atoms with Gasteiger partial charge in [-0.2, -0.15) is 0 Å². The number of benzene rings is 2. The van der Waals surface area contributed by atoms with Crippen LogP contribution >= 0.6 is 11.6 Å². The van der Waals surface area contributed by atoms with Crippen molar-refractivity contribution in [1.82, 2.24) is 15.6 Å². The minimum atomic E-state index is -0.607. The molecule has 0 spiro atoms. The summed E-state index contributed by atoms with van der Waals surface area (Å²) in [5, 5.41) is 18.1.